The number of hydrogen-bond donors (Lipinski definition) is 4. The van der Waals surface area contributed by atoms with E-state index in [1.807, 2.05) is 38.1 Å². The number of urea groups is 1. The molecule has 0 aliphatic rings. The summed E-state index contributed by atoms with van der Waals surface area (Å²) in [5.41, 5.74) is 5.91. The van der Waals surface area contributed by atoms with Gasteiger partial charge in [-0.15, -0.1) is 0 Å². The molecule has 106 valence electrons. The molecule has 0 aliphatic heterocycles. The lowest BCUT2D eigenvalue weighted by atomic mass is 10.0. The zero-order chi connectivity index (χ0) is 14.7. The van der Waals surface area contributed by atoms with Crippen molar-refractivity contribution in [3.05, 3.63) is 24.3 Å². The van der Waals surface area contributed by atoms with Gasteiger partial charge in [-0.2, -0.15) is 5.10 Å². The fraction of sp³-hybridized carbons (Fsp3) is 0.308. The molecule has 0 aliphatic carbocycles. The van der Waals surface area contributed by atoms with Crippen LogP contribution in [0.4, 0.5) is 10.6 Å². The van der Waals surface area contributed by atoms with Crippen LogP contribution in [0.2, 0.25) is 0 Å². The Bertz CT molecular complexity index is 634. The molecule has 3 amide bonds. The van der Waals surface area contributed by atoms with Crippen molar-refractivity contribution in [2.45, 2.75) is 19.9 Å². The number of anilines is 1. The van der Waals surface area contributed by atoms with Crippen LogP contribution in [0.5, 0.6) is 0 Å². The molecular formula is C13H17N5O2. The Kier molecular flexibility index (Phi) is 3.88. The number of hydrogen-bond acceptors (Lipinski definition) is 3. The number of primary amides is 1. The molecule has 5 N–H and O–H groups in total. The van der Waals surface area contributed by atoms with E-state index < -0.39 is 12.1 Å². The van der Waals surface area contributed by atoms with Crippen molar-refractivity contribution < 1.29 is 9.59 Å². The van der Waals surface area contributed by atoms with E-state index in [0.717, 1.165) is 10.9 Å². The lowest BCUT2D eigenvalue weighted by molar-refractivity contribution is -0.118. The largest absolute Gasteiger partial charge is 0.352 e. The Labute approximate surface area is 115 Å². The summed E-state index contributed by atoms with van der Waals surface area (Å²) < 4.78 is 0. The van der Waals surface area contributed by atoms with E-state index in [1.165, 1.54) is 0 Å². The highest BCUT2D eigenvalue weighted by molar-refractivity contribution is 6.02. The van der Waals surface area contributed by atoms with E-state index in [9.17, 15) is 9.59 Å². The Morgan fingerprint density at radius 1 is 1.30 bits per heavy atom. The molecule has 7 heteroatoms. The molecule has 1 aromatic heterocycles. The number of amides is 3. The highest BCUT2D eigenvalue weighted by Gasteiger charge is 2.24. The number of aromatic nitrogens is 2. The molecule has 0 spiro atoms. The molecule has 1 atom stereocenters. The second-order valence-corrected chi connectivity index (χ2v) is 4.84. The number of aromatic amines is 1. The minimum atomic E-state index is -0.731. The van der Waals surface area contributed by atoms with E-state index in [2.05, 4.69) is 20.8 Å². The molecule has 7 nitrogen and oxygen atoms in total. The van der Waals surface area contributed by atoms with E-state index >= 15 is 0 Å². The summed E-state index contributed by atoms with van der Waals surface area (Å²) in [5, 5.41) is 12.8. The highest BCUT2D eigenvalue weighted by atomic mass is 16.2. The normalized spacial score (nSPS) is 12.3. The summed E-state index contributed by atoms with van der Waals surface area (Å²) in [5.74, 6) is -0.00807. The molecule has 1 aromatic carbocycles. The molecule has 20 heavy (non-hydrogen) atoms. The molecule has 1 unspecified atom stereocenters. The summed E-state index contributed by atoms with van der Waals surface area (Å²) >= 11 is 0. The number of nitrogens with two attached hydrogens (primary N) is 1. The zero-order valence-corrected chi connectivity index (χ0v) is 11.3. The van der Waals surface area contributed by atoms with Gasteiger partial charge in [-0.3, -0.25) is 9.89 Å². The second kappa shape index (κ2) is 5.60. The summed E-state index contributed by atoms with van der Waals surface area (Å²) in [6.45, 7) is 3.64. The van der Waals surface area contributed by atoms with E-state index in [0.29, 0.717) is 5.82 Å². The standard InChI is InChI=1S/C13H17N5O2/c1-7(2)10(15-13(14)20)12(19)16-11-8-5-3-4-6-9(8)17-18-11/h3-7,10H,1-2H3,(H3,14,15,20)(H2,16,17,18,19). The van der Waals surface area contributed by atoms with Crippen LogP contribution >= 0.6 is 0 Å². The van der Waals surface area contributed by atoms with Crippen molar-refractivity contribution in [2.24, 2.45) is 11.7 Å². The van der Waals surface area contributed by atoms with Gasteiger partial charge in [0.1, 0.15) is 6.04 Å². The SMILES string of the molecule is CC(C)C(NC(N)=O)C(=O)Nc1n[nH]c2ccccc12. The number of fused-ring (bicyclic) bond motifs is 1. The molecule has 0 radical (unpaired) electrons. The summed E-state index contributed by atoms with van der Waals surface area (Å²) in [7, 11) is 0. The fourth-order valence-electron chi connectivity index (χ4n) is 1.94. The van der Waals surface area contributed by atoms with Crippen LogP contribution in [-0.2, 0) is 4.79 Å². The van der Waals surface area contributed by atoms with Gasteiger partial charge in [-0.25, -0.2) is 4.79 Å². The molecular weight excluding hydrogens is 258 g/mol. The molecule has 2 rings (SSSR count). The lowest BCUT2D eigenvalue weighted by Gasteiger charge is -2.19. The molecule has 0 saturated carbocycles. The summed E-state index contributed by atoms with van der Waals surface area (Å²) in [6.07, 6.45) is 0. The third-order valence-electron chi connectivity index (χ3n) is 2.96. The maximum absolute atomic E-state index is 12.2. The first kappa shape index (κ1) is 13.9. The number of rotatable bonds is 4. The average molecular weight is 275 g/mol. The van der Waals surface area contributed by atoms with Crippen molar-refractivity contribution in [3.63, 3.8) is 0 Å². The van der Waals surface area contributed by atoms with Crippen molar-refractivity contribution >= 4 is 28.7 Å². The molecule has 1 heterocycles. The van der Waals surface area contributed by atoms with E-state index in [4.69, 9.17) is 5.73 Å². The van der Waals surface area contributed by atoms with Gasteiger partial charge < -0.3 is 16.4 Å². The van der Waals surface area contributed by atoms with Gasteiger partial charge in [0.05, 0.1) is 5.52 Å². The second-order valence-electron chi connectivity index (χ2n) is 4.84. The predicted molar refractivity (Wildman–Crippen MR) is 76.1 cm³/mol. The van der Waals surface area contributed by atoms with Gasteiger partial charge in [-0.1, -0.05) is 26.0 Å². The molecule has 0 saturated heterocycles. The summed E-state index contributed by atoms with van der Waals surface area (Å²) in [4.78, 5) is 23.1. The van der Waals surface area contributed by atoms with E-state index in [-0.39, 0.29) is 11.8 Å². The van der Waals surface area contributed by atoms with Crippen molar-refractivity contribution in [1.29, 1.82) is 0 Å². The van der Waals surface area contributed by atoms with Gasteiger partial charge >= 0.3 is 6.03 Å². The van der Waals surface area contributed by atoms with Crippen LogP contribution in [0.3, 0.4) is 0 Å². The number of carbonyl (C=O) groups excluding carboxylic acids is 2. The van der Waals surface area contributed by atoms with Crippen LogP contribution in [-0.4, -0.2) is 28.2 Å². The smallest absolute Gasteiger partial charge is 0.312 e. The molecule has 2 aromatic rings. The number of H-pyrrole nitrogens is 1. The zero-order valence-electron chi connectivity index (χ0n) is 11.3. The Hall–Kier alpha value is -2.57. The van der Waals surface area contributed by atoms with Crippen molar-refractivity contribution in [1.82, 2.24) is 15.5 Å². The topological polar surface area (TPSA) is 113 Å². The first-order chi connectivity index (χ1) is 9.49. The van der Waals surface area contributed by atoms with Gasteiger partial charge in [0.15, 0.2) is 5.82 Å². The Morgan fingerprint density at radius 3 is 2.65 bits per heavy atom. The Morgan fingerprint density at radius 2 is 2.00 bits per heavy atom. The third kappa shape index (κ3) is 2.87. The molecule has 0 bridgehead atoms. The van der Waals surface area contributed by atoms with Crippen molar-refractivity contribution in [2.75, 3.05) is 5.32 Å². The fourth-order valence-corrected chi connectivity index (χ4v) is 1.94. The monoisotopic (exact) mass is 275 g/mol. The van der Waals surface area contributed by atoms with Gasteiger partial charge in [-0.05, 0) is 18.1 Å². The van der Waals surface area contributed by atoms with Gasteiger partial charge in [0.2, 0.25) is 5.91 Å². The maximum atomic E-state index is 12.2. The minimum Gasteiger partial charge on any atom is -0.352 e. The van der Waals surface area contributed by atoms with Crippen LogP contribution in [0.15, 0.2) is 24.3 Å². The third-order valence-corrected chi connectivity index (χ3v) is 2.96. The van der Waals surface area contributed by atoms with Crippen LogP contribution in [0.25, 0.3) is 10.9 Å². The summed E-state index contributed by atoms with van der Waals surface area (Å²) in [6, 6.07) is 6.00. The maximum Gasteiger partial charge on any atom is 0.312 e. The van der Waals surface area contributed by atoms with Gasteiger partial charge in [0.25, 0.3) is 0 Å². The highest BCUT2D eigenvalue weighted by Crippen LogP contribution is 2.20. The number of nitrogens with one attached hydrogen (secondary N) is 3. The number of carbonyl (C=O) groups is 2. The number of nitrogens with zero attached hydrogens (tertiary/aromatic N) is 1. The minimum absolute atomic E-state index is 0.0901. The Balaban J connectivity index is 2.19. The lowest BCUT2D eigenvalue weighted by Crippen LogP contribution is -2.49. The van der Waals surface area contributed by atoms with Crippen LogP contribution < -0.4 is 16.4 Å². The van der Waals surface area contributed by atoms with Crippen LogP contribution in [0, 0.1) is 5.92 Å². The first-order valence-corrected chi connectivity index (χ1v) is 6.29. The van der Waals surface area contributed by atoms with E-state index in [1.54, 1.807) is 0 Å². The molecule has 0 fully saturated rings. The predicted octanol–water partition coefficient (Wildman–Crippen LogP) is 1.19. The first-order valence-electron chi connectivity index (χ1n) is 6.29. The van der Waals surface area contributed by atoms with Crippen molar-refractivity contribution in [3.8, 4) is 0 Å². The number of benzene rings is 1. The average Bonchev–Trinajstić information content (AvgIpc) is 2.79. The van der Waals surface area contributed by atoms with Crippen LogP contribution in [0.1, 0.15) is 13.8 Å². The number of para-hydroxylation sites is 1. The van der Waals surface area contributed by atoms with Gasteiger partial charge in [0, 0.05) is 5.39 Å². The quantitative estimate of drug-likeness (QED) is 0.672.